The second kappa shape index (κ2) is 4.74. The largest absolute Gasteiger partial charge is 0.525 e. The summed E-state index contributed by atoms with van der Waals surface area (Å²) in [6.07, 6.45) is -10.9. The van der Waals surface area contributed by atoms with Crippen LogP contribution in [0.2, 0.25) is 0 Å². The molecule has 0 radical (unpaired) electrons. The molecular formula is C4Cl4F6O2. The van der Waals surface area contributed by atoms with E-state index in [2.05, 4.69) is 9.47 Å². The van der Waals surface area contributed by atoms with E-state index >= 15 is 0 Å². The lowest BCUT2D eigenvalue weighted by Gasteiger charge is -2.32. The Kier molecular flexibility index (Phi) is 4.93. The van der Waals surface area contributed by atoms with Gasteiger partial charge in [-0.2, -0.15) is 0 Å². The van der Waals surface area contributed by atoms with Gasteiger partial charge in [0, 0.05) is 0 Å². The molecule has 0 unspecified atom stereocenters. The molecule has 0 heterocycles. The summed E-state index contributed by atoms with van der Waals surface area (Å²) >= 11 is 19.0. The van der Waals surface area contributed by atoms with E-state index in [1.165, 1.54) is 0 Å². The van der Waals surface area contributed by atoms with Crippen LogP contribution < -0.4 is 0 Å². The average Bonchev–Trinajstić information content (AvgIpc) is 1.72. The minimum absolute atomic E-state index is 2.88. The number of hydrogen-bond donors (Lipinski definition) is 0. The van der Waals surface area contributed by atoms with Gasteiger partial charge in [0.25, 0.3) is 9.04 Å². The molecule has 98 valence electrons. The molecule has 0 saturated carbocycles. The molecule has 0 spiro atoms. The van der Waals surface area contributed by atoms with Gasteiger partial charge in [-0.3, -0.25) is 0 Å². The highest BCUT2D eigenvalue weighted by Gasteiger charge is 2.60. The lowest BCUT2D eigenvalue weighted by atomic mass is 10.7. The summed E-state index contributed by atoms with van der Waals surface area (Å²) in [6.45, 7) is 0. The van der Waals surface area contributed by atoms with Crippen molar-refractivity contribution in [3.8, 4) is 0 Å². The normalized spacial score (nSPS) is 15.4. The van der Waals surface area contributed by atoms with Gasteiger partial charge in [0.2, 0.25) is 0 Å². The van der Waals surface area contributed by atoms with E-state index in [4.69, 9.17) is 46.4 Å². The standard InChI is InChI=1S/C4Cl4F6O2/c5-1(6,15-3(9,10)11)2(7,8)16-4(12,13)14. The first-order chi connectivity index (χ1) is 6.66. The summed E-state index contributed by atoms with van der Waals surface area (Å²) in [6, 6.07) is 0. The molecule has 0 rings (SSSR count). The van der Waals surface area contributed by atoms with Crippen molar-refractivity contribution in [3.05, 3.63) is 0 Å². The van der Waals surface area contributed by atoms with E-state index in [1.807, 2.05) is 0 Å². The van der Waals surface area contributed by atoms with E-state index in [0.29, 0.717) is 0 Å². The second-order valence-electron chi connectivity index (χ2n) is 2.13. The molecule has 0 aliphatic heterocycles. The Morgan fingerprint density at radius 2 is 0.750 bits per heavy atom. The van der Waals surface area contributed by atoms with Crippen LogP contribution in [-0.2, 0) is 9.47 Å². The maximum Gasteiger partial charge on any atom is 0.525 e. The Hall–Kier alpha value is 0.660. The van der Waals surface area contributed by atoms with Crippen molar-refractivity contribution in [2.45, 2.75) is 21.8 Å². The number of halogens is 10. The third-order valence-corrected chi connectivity index (χ3v) is 2.59. The monoisotopic (exact) mass is 334 g/mol. The summed E-state index contributed by atoms with van der Waals surface area (Å²) in [5.74, 6) is 0. The Balaban J connectivity index is 4.85. The number of ether oxygens (including phenoxy) is 2. The summed E-state index contributed by atoms with van der Waals surface area (Å²) in [4.78, 5) is 0. The van der Waals surface area contributed by atoms with Crippen LogP contribution in [-0.4, -0.2) is 21.8 Å². The highest BCUT2D eigenvalue weighted by molar-refractivity contribution is 6.60. The molecule has 0 aromatic rings. The third kappa shape index (κ3) is 5.83. The molecular weight excluding hydrogens is 336 g/mol. The van der Waals surface area contributed by atoms with Gasteiger partial charge in [0.05, 0.1) is 0 Å². The summed E-state index contributed by atoms with van der Waals surface area (Å²) in [5, 5.41) is 0. The molecule has 0 saturated heterocycles. The number of hydrogen-bond acceptors (Lipinski definition) is 2. The Morgan fingerprint density at radius 1 is 0.562 bits per heavy atom. The van der Waals surface area contributed by atoms with Gasteiger partial charge in [0.1, 0.15) is 0 Å². The van der Waals surface area contributed by atoms with Gasteiger partial charge in [0.15, 0.2) is 0 Å². The van der Waals surface area contributed by atoms with Crippen LogP contribution >= 0.6 is 46.4 Å². The van der Waals surface area contributed by atoms with E-state index in [-0.39, 0.29) is 0 Å². The summed E-state index contributed by atoms with van der Waals surface area (Å²) < 4.78 is 68.4. The quantitative estimate of drug-likeness (QED) is 0.565. The highest BCUT2D eigenvalue weighted by Crippen LogP contribution is 2.49. The molecule has 0 fully saturated rings. The molecule has 0 aliphatic carbocycles. The van der Waals surface area contributed by atoms with Crippen molar-refractivity contribution in [3.63, 3.8) is 0 Å². The van der Waals surface area contributed by atoms with Gasteiger partial charge in [-0.05, 0) is 0 Å². The minimum Gasteiger partial charge on any atom is -0.249 e. The maximum atomic E-state index is 11.7. The van der Waals surface area contributed by atoms with Crippen LogP contribution in [0.5, 0.6) is 0 Å². The van der Waals surface area contributed by atoms with Gasteiger partial charge in [-0.1, -0.05) is 46.4 Å². The zero-order valence-electron chi connectivity index (χ0n) is 6.60. The average molecular weight is 336 g/mol. The molecule has 0 aliphatic rings. The van der Waals surface area contributed by atoms with Crippen molar-refractivity contribution in [1.29, 1.82) is 0 Å². The lowest BCUT2D eigenvalue weighted by molar-refractivity contribution is -0.381. The molecule has 0 amide bonds. The topological polar surface area (TPSA) is 18.5 Å². The van der Waals surface area contributed by atoms with Crippen molar-refractivity contribution in [2.75, 3.05) is 0 Å². The van der Waals surface area contributed by atoms with Gasteiger partial charge in [-0.25, -0.2) is 9.47 Å². The molecule has 2 nitrogen and oxygen atoms in total. The second-order valence-corrected chi connectivity index (χ2v) is 4.65. The van der Waals surface area contributed by atoms with E-state index in [0.717, 1.165) is 0 Å². The predicted octanol–water partition coefficient (Wildman–Crippen LogP) is 4.32. The van der Waals surface area contributed by atoms with Crippen molar-refractivity contribution in [2.24, 2.45) is 0 Å². The molecule has 0 aromatic heterocycles. The fourth-order valence-electron chi connectivity index (χ4n) is 0.410. The van der Waals surface area contributed by atoms with E-state index in [9.17, 15) is 26.3 Å². The van der Waals surface area contributed by atoms with E-state index < -0.39 is 21.8 Å². The predicted molar refractivity (Wildman–Crippen MR) is 43.2 cm³/mol. The zero-order chi connectivity index (χ0) is 13.4. The van der Waals surface area contributed by atoms with Gasteiger partial charge >= 0.3 is 12.7 Å². The van der Waals surface area contributed by atoms with Crippen LogP contribution in [0, 0.1) is 0 Å². The van der Waals surface area contributed by atoms with Crippen LogP contribution in [0.3, 0.4) is 0 Å². The van der Waals surface area contributed by atoms with Gasteiger partial charge in [-0.15, -0.1) is 26.3 Å². The minimum atomic E-state index is -5.46. The van der Waals surface area contributed by atoms with Crippen molar-refractivity contribution >= 4 is 46.4 Å². The SMILES string of the molecule is FC(F)(F)OC(Cl)(Cl)C(Cl)(Cl)OC(F)(F)F. The lowest BCUT2D eigenvalue weighted by Crippen LogP contribution is -2.47. The number of rotatable bonds is 3. The van der Waals surface area contributed by atoms with E-state index in [1.54, 1.807) is 0 Å². The molecule has 12 heteroatoms. The smallest absolute Gasteiger partial charge is 0.249 e. The first-order valence-corrected chi connectivity index (χ1v) is 4.47. The summed E-state index contributed by atoms with van der Waals surface area (Å²) in [5.41, 5.74) is 0. The molecule has 0 aromatic carbocycles. The Morgan fingerprint density at radius 3 is 0.875 bits per heavy atom. The van der Waals surface area contributed by atoms with Crippen LogP contribution in [0.15, 0.2) is 0 Å². The van der Waals surface area contributed by atoms with Crippen LogP contribution in [0.1, 0.15) is 0 Å². The van der Waals surface area contributed by atoms with Gasteiger partial charge < -0.3 is 0 Å². The zero-order valence-corrected chi connectivity index (χ0v) is 9.62. The maximum absolute atomic E-state index is 11.7. The molecule has 0 bridgehead atoms. The van der Waals surface area contributed by atoms with Crippen molar-refractivity contribution in [1.82, 2.24) is 0 Å². The molecule has 0 N–H and O–H groups in total. The first kappa shape index (κ1) is 16.7. The highest BCUT2D eigenvalue weighted by atomic mass is 35.5. The first-order valence-electron chi connectivity index (χ1n) is 2.96. The summed E-state index contributed by atoms with van der Waals surface area (Å²) in [7, 11) is 0. The Labute approximate surface area is 104 Å². The van der Waals surface area contributed by atoms with Crippen LogP contribution in [0.4, 0.5) is 26.3 Å². The molecule has 0 atom stereocenters. The number of alkyl halides is 10. The molecule has 16 heavy (non-hydrogen) atoms. The van der Waals surface area contributed by atoms with Crippen LogP contribution in [0.25, 0.3) is 0 Å². The van der Waals surface area contributed by atoms with Crippen molar-refractivity contribution < 1.29 is 35.8 Å². The fourth-order valence-corrected chi connectivity index (χ4v) is 0.914. The fraction of sp³-hybridized carbons (Fsp3) is 1.00. The Bertz CT molecular complexity index is 222. The third-order valence-electron chi connectivity index (χ3n) is 0.827.